The third kappa shape index (κ3) is 2.26. The molecule has 0 radical (unpaired) electrons. The number of hydrogen-bond acceptors (Lipinski definition) is 0. The van der Waals surface area contributed by atoms with Crippen molar-refractivity contribution in [3.8, 4) is 5.69 Å². The average Bonchev–Trinajstić information content (AvgIpc) is 2.99. The maximum atomic E-state index is 3.79. The first kappa shape index (κ1) is 15.2. The summed E-state index contributed by atoms with van der Waals surface area (Å²) in [6.45, 7) is 0. The zero-order valence-electron chi connectivity index (χ0n) is 13.2. The van der Waals surface area contributed by atoms with E-state index in [1.54, 1.807) is 0 Å². The Kier molecular flexibility index (Phi) is 3.47. The van der Waals surface area contributed by atoms with E-state index in [0.29, 0.717) is 0 Å². The van der Waals surface area contributed by atoms with Crippen molar-refractivity contribution >= 4 is 64.4 Å². The van der Waals surface area contributed by atoms with E-state index in [2.05, 4.69) is 115 Å². The Morgan fingerprint density at radius 3 is 2.28 bits per heavy atom. The Balaban J connectivity index is 1.97. The zero-order valence-corrected chi connectivity index (χ0v) is 16.4. The lowest BCUT2D eigenvalue weighted by molar-refractivity contribution is 1.18. The van der Waals surface area contributed by atoms with Crippen LogP contribution in [0.15, 0.2) is 87.8 Å². The Hall–Kier alpha value is -2.10. The first-order valence-corrected chi connectivity index (χ1v) is 9.69. The summed E-state index contributed by atoms with van der Waals surface area (Å²) in [5, 5.41) is 5.02. The van der Waals surface area contributed by atoms with E-state index in [1.807, 2.05) is 0 Å². The number of nitrogens with zero attached hydrogens (tertiary/aromatic N) is 1. The number of para-hydroxylation sites is 1. The topological polar surface area (TPSA) is 4.93 Å². The first-order valence-electron chi connectivity index (χ1n) is 8.10. The van der Waals surface area contributed by atoms with E-state index in [4.69, 9.17) is 0 Å². The zero-order chi connectivity index (χ0) is 17.0. The van der Waals surface area contributed by atoms with Gasteiger partial charge in [-0.3, -0.25) is 0 Å². The van der Waals surface area contributed by atoms with Crippen LogP contribution >= 0.6 is 31.9 Å². The van der Waals surface area contributed by atoms with E-state index in [-0.39, 0.29) is 0 Å². The summed E-state index contributed by atoms with van der Waals surface area (Å²) >= 11 is 7.45. The van der Waals surface area contributed by atoms with E-state index in [0.717, 1.165) is 8.95 Å². The fourth-order valence-electron chi connectivity index (χ4n) is 3.58. The molecule has 5 aromatic rings. The molecule has 1 nitrogen and oxygen atoms in total. The van der Waals surface area contributed by atoms with Crippen molar-refractivity contribution in [3.63, 3.8) is 0 Å². The van der Waals surface area contributed by atoms with Crippen LogP contribution < -0.4 is 0 Å². The Morgan fingerprint density at radius 1 is 0.640 bits per heavy atom. The lowest BCUT2D eigenvalue weighted by Crippen LogP contribution is -1.94. The summed E-state index contributed by atoms with van der Waals surface area (Å²) < 4.78 is 4.48. The standard InChI is InChI=1S/C22H13Br2N/c23-19-12-11-18-17-7-3-4-8-20(17)25(22(18)21(19)24)16-10-9-14-5-1-2-6-15(14)13-16/h1-13H. The van der Waals surface area contributed by atoms with Gasteiger partial charge in [-0.1, -0.05) is 54.6 Å². The summed E-state index contributed by atoms with van der Waals surface area (Å²) in [6.07, 6.45) is 0. The molecule has 25 heavy (non-hydrogen) atoms. The molecule has 0 atom stereocenters. The van der Waals surface area contributed by atoms with Gasteiger partial charge in [-0.2, -0.15) is 0 Å². The van der Waals surface area contributed by atoms with Gasteiger partial charge in [-0.15, -0.1) is 0 Å². The maximum absolute atomic E-state index is 3.79. The van der Waals surface area contributed by atoms with Gasteiger partial charge in [0.05, 0.1) is 15.5 Å². The van der Waals surface area contributed by atoms with Crippen LogP contribution in [0.4, 0.5) is 0 Å². The van der Waals surface area contributed by atoms with E-state index in [9.17, 15) is 0 Å². The van der Waals surface area contributed by atoms with E-state index in [1.165, 1.54) is 38.3 Å². The van der Waals surface area contributed by atoms with Gasteiger partial charge in [0.25, 0.3) is 0 Å². The largest absolute Gasteiger partial charge is 0.308 e. The summed E-state index contributed by atoms with van der Waals surface area (Å²) in [6, 6.07) is 28.0. The van der Waals surface area contributed by atoms with Crippen molar-refractivity contribution in [3.05, 3.63) is 87.8 Å². The molecule has 0 bridgehead atoms. The summed E-state index contributed by atoms with van der Waals surface area (Å²) in [4.78, 5) is 0. The monoisotopic (exact) mass is 449 g/mol. The van der Waals surface area contributed by atoms with Crippen molar-refractivity contribution in [2.24, 2.45) is 0 Å². The highest BCUT2D eigenvalue weighted by molar-refractivity contribution is 9.13. The molecule has 0 fully saturated rings. The van der Waals surface area contributed by atoms with Gasteiger partial charge in [0.15, 0.2) is 0 Å². The second-order valence-electron chi connectivity index (χ2n) is 6.14. The van der Waals surface area contributed by atoms with Crippen LogP contribution in [0.2, 0.25) is 0 Å². The molecule has 0 aliphatic rings. The molecule has 1 heterocycles. The quantitative estimate of drug-likeness (QED) is 0.249. The van der Waals surface area contributed by atoms with Crippen molar-refractivity contribution in [2.75, 3.05) is 0 Å². The molecule has 4 aromatic carbocycles. The Labute approximate surface area is 162 Å². The smallest absolute Gasteiger partial charge is 0.0694 e. The normalized spacial score (nSPS) is 11.6. The number of aromatic nitrogens is 1. The number of benzene rings is 4. The van der Waals surface area contributed by atoms with Gasteiger partial charge in [0, 0.05) is 20.9 Å². The minimum atomic E-state index is 1.06. The number of fused-ring (bicyclic) bond motifs is 4. The number of rotatable bonds is 1. The third-order valence-electron chi connectivity index (χ3n) is 4.72. The molecular formula is C22H13Br2N. The van der Waals surface area contributed by atoms with Crippen LogP contribution in [0.25, 0.3) is 38.3 Å². The van der Waals surface area contributed by atoms with Gasteiger partial charge in [0.2, 0.25) is 0 Å². The molecular weight excluding hydrogens is 438 g/mol. The Bertz CT molecular complexity index is 1270. The molecule has 0 spiro atoms. The summed E-state index contributed by atoms with van der Waals surface area (Å²) in [5.74, 6) is 0. The second-order valence-corrected chi connectivity index (χ2v) is 7.79. The van der Waals surface area contributed by atoms with Crippen molar-refractivity contribution < 1.29 is 0 Å². The highest BCUT2D eigenvalue weighted by atomic mass is 79.9. The maximum Gasteiger partial charge on any atom is 0.0694 e. The number of halogens is 2. The number of hydrogen-bond donors (Lipinski definition) is 0. The van der Waals surface area contributed by atoms with Crippen LogP contribution in [0.1, 0.15) is 0 Å². The van der Waals surface area contributed by atoms with Crippen molar-refractivity contribution in [2.45, 2.75) is 0 Å². The molecule has 0 N–H and O–H groups in total. The highest BCUT2D eigenvalue weighted by Gasteiger charge is 2.16. The predicted molar refractivity (Wildman–Crippen MR) is 114 cm³/mol. The average molecular weight is 451 g/mol. The van der Waals surface area contributed by atoms with Gasteiger partial charge >= 0.3 is 0 Å². The molecule has 0 amide bonds. The predicted octanol–water partition coefficient (Wildman–Crippen LogP) is 7.46. The van der Waals surface area contributed by atoms with E-state index < -0.39 is 0 Å². The van der Waals surface area contributed by atoms with Crippen LogP contribution in [0, 0.1) is 0 Å². The minimum Gasteiger partial charge on any atom is -0.308 e. The van der Waals surface area contributed by atoms with Crippen LogP contribution in [-0.4, -0.2) is 4.57 Å². The molecule has 120 valence electrons. The van der Waals surface area contributed by atoms with Gasteiger partial charge in [-0.25, -0.2) is 0 Å². The fraction of sp³-hybridized carbons (Fsp3) is 0. The minimum absolute atomic E-state index is 1.06. The van der Waals surface area contributed by atoms with Gasteiger partial charge in [0.1, 0.15) is 0 Å². The van der Waals surface area contributed by atoms with Crippen LogP contribution in [0.5, 0.6) is 0 Å². The molecule has 0 aliphatic heterocycles. The molecule has 3 heteroatoms. The lowest BCUT2D eigenvalue weighted by atomic mass is 10.1. The molecule has 5 rings (SSSR count). The Morgan fingerprint density at radius 2 is 1.40 bits per heavy atom. The summed E-state index contributed by atoms with van der Waals surface area (Å²) in [5.41, 5.74) is 3.57. The molecule has 1 aromatic heterocycles. The SMILES string of the molecule is Brc1ccc2c3ccccc3n(-c3ccc4ccccc4c3)c2c1Br. The highest BCUT2D eigenvalue weighted by Crippen LogP contribution is 2.39. The molecule has 0 aliphatic carbocycles. The molecule has 0 unspecified atom stereocenters. The third-order valence-corrected chi connectivity index (χ3v) is 6.71. The lowest BCUT2D eigenvalue weighted by Gasteiger charge is -2.11. The fourth-order valence-corrected chi connectivity index (χ4v) is 4.42. The van der Waals surface area contributed by atoms with Crippen molar-refractivity contribution in [1.29, 1.82) is 0 Å². The van der Waals surface area contributed by atoms with Gasteiger partial charge in [-0.05, 0) is 66.9 Å². The summed E-state index contributed by atoms with van der Waals surface area (Å²) in [7, 11) is 0. The first-order chi connectivity index (χ1) is 12.2. The molecule has 0 saturated heterocycles. The molecule has 0 saturated carbocycles. The van der Waals surface area contributed by atoms with Crippen LogP contribution in [-0.2, 0) is 0 Å². The van der Waals surface area contributed by atoms with E-state index >= 15 is 0 Å². The second kappa shape index (κ2) is 5.72. The van der Waals surface area contributed by atoms with Crippen LogP contribution in [0.3, 0.4) is 0 Å². The van der Waals surface area contributed by atoms with Gasteiger partial charge < -0.3 is 4.57 Å². The van der Waals surface area contributed by atoms with Crippen molar-refractivity contribution in [1.82, 2.24) is 4.57 Å².